The zero-order valence-electron chi connectivity index (χ0n) is 28.7. The monoisotopic (exact) mass is 672 g/mol. The second-order valence-corrected chi connectivity index (χ2v) is 8.25. The molecule has 0 fully saturated rings. The van der Waals surface area contributed by atoms with Gasteiger partial charge in [-0.2, -0.15) is 0 Å². The average Bonchev–Trinajstić information content (AvgIpc) is 3.05. The van der Waals surface area contributed by atoms with Gasteiger partial charge in [0.15, 0.2) is 0 Å². The maximum absolute atomic E-state index is 5.30. The first kappa shape index (κ1) is 48.7. The lowest BCUT2D eigenvalue weighted by atomic mass is 10.4. The minimum atomic E-state index is -0.185. The largest absolute Gasteiger partial charge is 0.359 e. The van der Waals surface area contributed by atoms with Gasteiger partial charge < -0.3 is 85.3 Å². The zero-order chi connectivity index (χ0) is 34.1. The molecule has 0 atom stereocenters. The molecule has 0 amide bonds. The van der Waals surface area contributed by atoms with Crippen LogP contribution in [0, 0.1) is 0 Å². The molecule has 276 valence electrons. The van der Waals surface area contributed by atoms with Crippen LogP contribution in [-0.2, 0) is 85.3 Å². The van der Waals surface area contributed by atoms with Crippen molar-refractivity contribution in [2.45, 2.75) is 18.3 Å². The van der Waals surface area contributed by atoms with Gasteiger partial charge in [-0.15, -0.1) is 0 Å². The molecule has 0 unspecified atom stereocenters. The van der Waals surface area contributed by atoms with Gasteiger partial charge >= 0.3 is 0 Å². The summed E-state index contributed by atoms with van der Waals surface area (Å²) < 4.78 is 89.7. The third-order valence-electron chi connectivity index (χ3n) is 4.29. The predicted molar refractivity (Wildman–Crippen MR) is 157 cm³/mol. The van der Waals surface area contributed by atoms with Crippen molar-refractivity contribution in [1.29, 1.82) is 0 Å². The summed E-state index contributed by atoms with van der Waals surface area (Å²) in [6, 6.07) is 0. The molecular weight excluding hydrogens is 612 g/mol. The third kappa shape index (κ3) is 43.3. The normalized spacial score (nSPS) is 11.2. The molecule has 0 aromatic heterocycles. The molecule has 18 nitrogen and oxygen atoms in total. The Balaban J connectivity index is -0.000000588. The van der Waals surface area contributed by atoms with E-state index < -0.39 is 0 Å². The Morgan fingerprint density at radius 2 is 0.400 bits per heavy atom. The Bertz CT molecular complexity index is 400. The van der Waals surface area contributed by atoms with Gasteiger partial charge in [0.05, 0.1) is 39.6 Å². The van der Waals surface area contributed by atoms with Crippen molar-refractivity contribution in [3.05, 3.63) is 0 Å². The van der Waals surface area contributed by atoms with Gasteiger partial charge in [-0.1, -0.05) is 0 Å². The minimum absolute atomic E-state index is 0.185. The van der Waals surface area contributed by atoms with E-state index in [0.717, 1.165) is 0 Å². The minimum Gasteiger partial charge on any atom is -0.359 e. The highest BCUT2D eigenvalue weighted by atomic mass is 16.7. The Morgan fingerprint density at radius 3 is 0.533 bits per heavy atom. The number of ether oxygens (including phenoxy) is 18. The van der Waals surface area contributed by atoms with Crippen LogP contribution in [0.4, 0.5) is 0 Å². The summed E-state index contributed by atoms with van der Waals surface area (Å²) in [5, 5.41) is 0. The van der Waals surface area contributed by atoms with Gasteiger partial charge in [-0.25, -0.2) is 0 Å². The van der Waals surface area contributed by atoms with E-state index in [2.05, 4.69) is 0 Å². The highest BCUT2D eigenvalue weighted by Crippen LogP contribution is 1.98. The second-order valence-electron chi connectivity index (χ2n) is 8.25. The number of methoxy groups -OCH3 is 9. The van der Waals surface area contributed by atoms with E-state index in [1.807, 2.05) is 0 Å². The summed E-state index contributed by atoms with van der Waals surface area (Å²) in [4.78, 5) is 0. The summed E-state index contributed by atoms with van der Waals surface area (Å²) in [6.45, 7) is 4.36. The molecule has 0 saturated carbocycles. The number of hydrogen-bond acceptors (Lipinski definition) is 18. The van der Waals surface area contributed by atoms with Crippen LogP contribution < -0.4 is 0 Å². The van der Waals surface area contributed by atoms with Gasteiger partial charge in [0.25, 0.3) is 0 Å². The van der Waals surface area contributed by atoms with Crippen LogP contribution in [0.1, 0.15) is 0 Å². The molecular formula is C27H60O18. The molecule has 0 bridgehead atoms. The maximum Gasteiger partial charge on any atom is 0.146 e. The lowest BCUT2D eigenvalue weighted by Gasteiger charge is -2.17. The van der Waals surface area contributed by atoms with Crippen LogP contribution in [0.3, 0.4) is 0 Å². The van der Waals surface area contributed by atoms with Crippen molar-refractivity contribution < 1.29 is 85.3 Å². The Labute approximate surface area is 268 Å². The van der Waals surface area contributed by atoms with E-state index >= 15 is 0 Å². The molecule has 0 aliphatic carbocycles. The molecule has 0 radical (unpaired) electrons. The van der Waals surface area contributed by atoms with Gasteiger partial charge in [0.2, 0.25) is 0 Å². The van der Waals surface area contributed by atoms with E-state index in [9.17, 15) is 0 Å². The van der Waals surface area contributed by atoms with E-state index in [1.54, 1.807) is 64.0 Å². The molecule has 0 spiro atoms. The Morgan fingerprint density at radius 1 is 0.244 bits per heavy atom. The van der Waals surface area contributed by atoms with Crippen LogP contribution in [0.25, 0.3) is 0 Å². The fraction of sp³-hybridized carbons (Fsp3) is 1.00. The highest BCUT2D eigenvalue weighted by molar-refractivity contribution is 4.54. The molecule has 0 rings (SSSR count). The highest BCUT2D eigenvalue weighted by Gasteiger charge is 2.11. The van der Waals surface area contributed by atoms with Crippen molar-refractivity contribution in [3.8, 4) is 0 Å². The third-order valence-corrected chi connectivity index (χ3v) is 4.29. The van der Waals surface area contributed by atoms with Crippen LogP contribution >= 0.6 is 0 Å². The molecule has 0 aliphatic rings. The molecule has 18 heteroatoms. The summed E-state index contributed by atoms with van der Waals surface area (Å²) in [5.74, 6) is 0. The smallest absolute Gasteiger partial charge is 0.146 e. The standard InChI is InChI=1S/3C9H20O6/c3*1-10-6-13-4-9(15-8-12-3)5-14-7-11-2/h3*9H,4-8H2,1-3H3. The molecule has 0 aliphatic heterocycles. The van der Waals surface area contributed by atoms with E-state index in [-0.39, 0.29) is 79.4 Å². The SMILES string of the molecule is COCOCC(COCOC)OCOC.COCOCC(COCOC)OCOC.COCOCC(COCOC)OCOC. The van der Waals surface area contributed by atoms with Crippen molar-refractivity contribution in [2.24, 2.45) is 0 Å². The van der Waals surface area contributed by atoms with E-state index in [0.29, 0.717) is 39.6 Å². The predicted octanol–water partition coefficient (Wildman–Crippen LogP) is 0.650. The molecule has 0 heterocycles. The van der Waals surface area contributed by atoms with Crippen LogP contribution in [0.15, 0.2) is 0 Å². The molecule has 0 aromatic carbocycles. The maximum atomic E-state index is 5.30. The molecule has 0 aromatic rings. The van der Waals surface area contributed by atoms with E-state index in [4.69, 9.17) is 85.3 Å². The zero-order valence-corrected chi connectivity index (χ0v) is 28.7. The van der Waals surface area contributed by atoms with Crippen LogP contribution in [0.2, 0.25) is 0 Å². The van der Waals surface area contributed by atoms with Crippen LogP contribution in [-0.4, -0.2) is 183 Å². The van der Waals surface area contributed by atoms with Crippen molar-refractivity contribution in [3.63, 3.8) is 0 Å². The summed E-state index contributed by atoms with van der Waals surface area (Å²) in [6.07, 6.45) is -0.555. The molecule has 45 heavy (non-hydrogen) atoms. The van der Waals surface area contributed by atoms with Gasteiger partial charge in [-0.3, -0.25) is 0 Å². The summed E-state index contributed by atoms with van der Waals surface area (Å²) in [5.41, 5.74) is 0. The quantitative estimate of drug-likeness (QED) is 0.0704. The molecule has 0 saturated heterocycles. The van der Waals surface area contributed by atoms with Gasteiger partial charge in [0.1, 0.15) is 79.4 Å². The Kier molecular flexibility index (Phi) is 49.1. The lowest BCUT2D eigenvalue weighted by molar-refractivity contribution is -0.151. The number of rotatable bonds is 33. The fourth-order valence-electron chi connectivity index (χ4n) is 2.50. The van der Waals surface area contributed by atoms with Crippen molar-refractivity contribution in [2.75, 3.05) is 165 Å². The summed E-state index contributed by atoms with van der Waals surface area (Å²) in [7, 11) is 14.0. The fourth-order valence-corrected chi connectivity index (χ4v) is 2.50. The topological polar surface area (TPSA) is 166 Å². The average molecular weight is 673 g/mol. The summed E-state index contributed by atoms with van der Waals surface area (Å²) >= 11 is 0. The first-order valence-corrected chi connectivity index (χ1v) is 13.8. The van der Waals surface area contributed by atoms with Crippen LogP contribution in [0.5, 0.6) is 0 Å². The second kappa shape index (κ2) is 45.4. The van der Waals surface area contributed by atoms with Gasteiger partial charge in [0, 0.05) is 64.0 Å². The Hall–Kier alpha value is -0.720. The van der Waals surface area contributed by atoms with Crippen molar-refractivity contribution >= 4 is 0 Å². The van der Waals surface area contributed by atoms with Gasteiger partial charge in [-0.05, 0) is 0 Å². The first-order chi connectivity index (χ1) is 22.0. The van der Waals surface area contributed by atoms with E-state index in [1.165, 1.54) is 0 Å². The lowest BCUT2D eigenvalue weighted by Crippen LogP contribution is -2.27. The van der Waals surface area contributed by atoms with Crippen molar-refractivity contribution in [1.82, 2.24) is 0 Å². The number of hydrogen-bond donors (Lipinski definition) is 0. The molecule has 0 N–H and O–H groups in total. The first-order valence-electron chi connectivity index (χ1n) is 13.8.